The Bertz CT molecular complexity index is 398. The molecule has 2 N–H and O–H groups in total. The van der Waals surface area contributed by atoms with Crippen LogP contribution in [-0.2, 0) is 11.2 Å². The minimum atomic E-state index is 0.193. The SMILES string of the molecule is CNCC1(CNC(=O)CCCc2ccccc2)CC1. The lowest BCUT2D eigenvalue weighted by molar-refractivity contribution is -0.121. The number of hydrogen-bond donors (Lipinski definition) is 2. The number of amides is 1. The summed E-state index contributed by atoms with van der Waals surface area (Å²) in [6, 6.07) is 10.3. The van der Waals surface area contributed by atoms with Crippen LogP contribution in [0, 0.1) is 5.41 Å². The number of rotatable bonds is 8. The molecule has 19 heavy (non-hydrogen) atoms. The molecule has 0 atom stereocenters. The van der Waals surface area contributed by atoms with Crippen molar-refractivity contribution >= 4 is 5.91 Å². The molecule has 2 rings (SSSR count). The van der Waals surface area contributed by atoms with Crippen molar-refractivity contribution < 1.29 is 4.79 Å². The van der Waals surface area contributed by atoms with Crippen LogP contribution in [0.1, 0.15) is 31.2 Å². The van der Waals surface area contributed by atoms with Crippen molar-refractivity contribution in [3.63, 3.8) is 0 Å². The number of hydrogen-bond acceptors (Lipinski definition) is 2. The molecule has 0 bridgehead atoms. The first-order chi connectivity index (χ1) is 9.24. The molecule has 1 saturated carbocycles. The normalized spacial score (nSPS) is 16.1. The quantitative estimate of drug-likeness (QED) is 0.752. The van der Waals surface area contributed by atoms with Gasteiger partial charge in [0, 0.05) is 24.9 Å². The molecule has 3 heteroatoms. The van der Waals surface area contributed by atoms with Crippen LogP contribution in [0.2, 0.25) is 0 Å². The van der Waals surface area contributed by atoms with Crippen molar-refractivity contribution in [1.82, 2.24) is 10.6 Å². The molecule has 1 amide bonds. The van der Waals surface area contributed by atoms with Crippen LogP contribution in [0.3, 0.4) is 0 Å². The van der Waals surface area contributed by atoms with E-state index in [0.29, 0.717) is 11.8 Å². The maximum Gasteiger partial charge on any atom is 0.220 e. The molecule has 1 fully saturated rings. The van der Waals surface area contributed by atoms with E-state index in [9.17, 15) is 4.79 Å². The van der Waals surface area contributed by atoms with Gasteiger partial charge in [-0.15, -0.1) is 0 Å². The molecule has 1 aromatic carbocycles. The van der Waals surface area contributed by atoms with E-state index in [1.165, 1.54) is 18.4 Å². The molecule has 1 aliphatic carbocycles. The lowest BCUT2D eigenvalue weighted by atomic mass is 10.1. The molecular weight excluding hydrogens is 236 g/mol. The summed E-state index contributed by atoms with van der Waals surface area (Å²) in [6.07, 6.45) is 5.01. The lowest BCUT2D eigenvalue weighted by Gasteiger charge is -2.15. The summed E-state index contributed by atoms with van der Waals surface area (Å²) in [5, 5.41) is 6.29. The maximum atomic E-state index is 11.8. The van der Waals surface area contributed by atoms with Crippen molar-refractivity contribution in [2.24, 2.45) is 5.41 Å². The smallest absolute Gasteiger partial charge is 0.220 e. The third-order valence-corrected chi connectivity index (χ3v) is 3.88. The molecule has 104 valence electrons. The third-order valence-electron chi connectivity index (χ3n) is 3.88. The Balaban J connectivity index is 1.60. The molecule has 0 heterocycles. The van der Waals surface area contributed by atoms with Crippen LogP contribution in [0.25, 0.3) is 0 Å². The van der Waals surface area contributed by atoms with Gasteiger partial charge in [-0.2, -0.15) is 0 Å². The van der Waals surface area contributed by atoms with Gasteiger partial charge in [0.15, 0.2) is 0 Å². The zero-order valence-corrected chi connectivity index (χ0v) is 11.7. The van der Waals surface area contributed by atoms with E-state index < -0.39 is 0 Å². The van der Waals surface area contributed by atoms with Crippen LogP contribution in [0.5, 0.6) is 0 Å². The molecule has 0 radical (unpaired) electrons. The average molecular weight is 260 g/mol. The summed E-state index contributed by atoms with van der Waals surface area (Å²) in [5.41, 5.74) is 1.66. The van der Waals surface area contributed by atoms with Gasteiger partial charge in [-0.3, -0.25) is 4.79 Å². The number of benzene rings is 1. The van der Waals surface area contributed by atoms with Gasteiger partial charge in [0.2, 0.25) is 5.91 Å². The van der Waals surface area contributed by atoms with Gasteiger partial charge in [-0.1, -0.05) is 30.3 Å². The Morgan fingerprint density at radius 1 is 1.21 bits per heavy atom. The summed E-state index contributed by atoms with van der Waals surface area (Å²) in [4.78, 5) is 11.8. The van der Waals surface area contributed by atoms with E-state index in [1.807, 2.05) is 25.2 Å². The Labute approximate surface area is 115 Å². The van der Waals surface area contributed by atoms with Crippen LogP contribution in [0.4, 0.5) is 0 Å². The fraction of sp³-hybridized carbons (Fsp3) is 0.562. The third kappa shape index (κ3) is 4.67. The van der Waals surface area contributed by atoms with Gasteiger partial charge in [0.1, 0.15) is 0 Å². The maximum absolute atomic E-state index is 11.8. The summed E-state index contributed by atoms with van der Waals surface area (Å²) in [5.74, 6) is 0.193. The second kappa shape index (κ2) is 6.71. The minimum Gasteiger partial charge on any atom is -0.355 e. The second-order valence-electron chi connectivity index (χ2n) is 5.65. The van der Waals surface area contributed by atoms with Gasteiger partial charge in [-0.25, -0.2) is 0 Å². The lowest BCUT2D eigenvalue weighted by Crippen LogP contribution is -2.34. The molecule has 3 nitrogen and oxygen atoms in total. The summed E-state index contributed by atoms with van der Waals surface area (Å²) < 4.78 is 0. The van der Waals surface area contributed by atoms with E-state index in [2.05, 4.69) is 22.8 Å². The first-order valence-electron chi connectivity index (χ1n) is 7.19. The minimum absolute atomic E-state index is 0.193. The van der Waals surface area contributed by atoms with Crippen LogP contribution in [0.15, 0.2) is 30.3 Å². The molecule has 1 aliphatic rings. The predicted octanol–water partition coefficient (Wildman–Crippen LogP) is 2.13. The highest BCUT2D eigenvalue weighted by Crippen LogP contribution is 2.44. The first-order valence-corrected chi connectivity index (χ1v) is 7.19. The molecule has 0 saturated heterocycles. The van der Waals surface area contributed by atoms with Crippen molar-refractivity contribution in [2.45, 2.75) is 32.1 Å². The molecular formula is C16H24N2O. The first kappa shape index (κ1) is 14.1. The highest BCUT2D eigenvalue weighted by atomic mass is 16.1. The zero-order chi connectivity index (χ0) is 13.6. The van der Waals surface area contributed by atoms with Crippen molar-refractivity contribution in [3.8, 4) is 0 Å². The van der Waals surface area contributed by atoms with Gasteiger partial charge >= 0.3 is 0 Å². The van der Waals surface area contributed by atoms with Gasteiger partial charge < -0.3 is 10.6 Å². The molecule has 0 aromatic heterocycles. The standard InChI is InChI=1S/C16H24N2O/c1-17-12-16(10-11-16)13-18-15(19)9-5-8-14-6-3-2-4-7-14/h2-4,6-7,17H,5,8-13H2,1H3,(H,18,19). The van der Waals surface area contributed by atoms with E-state index >= 15 is 0 Å². The Morgan fingerprint density at radius 2 is 1.95 bits per heavy atom. The zero-order valence-electron chi connectivity index (χ0n) is 11.7. The van der Waals surface area contributed by atoms with E-state index in [-0.39, 0.29) is 5.91 Å². The van der Waals surface area contributed by atoms with Crippen LogP contribution in [-0.4, -0.2) is 26.0 Å². The van der Waals surface area contributed by atoms with Gasteiger partial charge in [0.05, 0.1) is 0 Å². The Hall–Kier alpha value is -1.35. The topological polar surface area (TPSA) is 41.1 Å². The summed E-state index contributed by atoms with van der Waals surface area (Å²) >= 11 is 0. The van der Waals surface area contributed by atoms with E-state index in [4.69, 9.17) is 0 Å². The second-order valence-corrected chi connectivity index (χ2v) is 5.65. The highest BCUT2D eigenvalue weighted by Gasteiger charge is 2.41. The van der Waals surface area contributed by atoms with E-state index in [1.54, 1.807) is 0 Å². The molecule has 0 aliphatic heterocycles. The van der Waals surface area contributed by atoms with Gasteiger partial charge in [0.25, 0.3) is 0 Å². The predicted molar refractivity (Wildman–Crippen MR) is 78.0 cm³/mol. The van der Waals surface area contributed by atoms with Crippen molar-refractivity contribution in [2.75, 3.05) is 20.1 Å². The fourth-order valence-electron chi connectivity index (χ4n) is 2.44. The average Bonchev–Trinajstić information content (AvgIpc) is 3.19. The summed E-state index contributed by atoms with van der Waals surface area (Å²) in [6.45, 7) is 1.84. The van der Waals surface area contributed by atoms with Crippen molar-refractivity contribution in [3.05, 3.63) is 35.9 Å². The van der Waals surface area contributed by atoms with Crippen molar-refractivity contribution in [1.29, 1.82) is 0 Å². The highest BCUT2D eigenvalue weighted by molar-refractivity contribution is 5.75. The summed E-state index contributed by atoms with van der Waals surface area (Å²) in [7, 11) is 1.97. The van der Waals surface area contributed by atoms with Crippen LogP contribution < -0.4 is 10.6 Å². The number of carbonyl (C=O) groups is 1. The fourth-order valence-corrected chi connectivity index (χ4v) is 2.44. The molecule has 1 aromatic rings. The number of carbonyl (C=O) groups excluding carboxylic acids is 1. The Morgan fingerprint density at radius 3 is 2.58 bits per heavy atom. The van der Waals surface area contributed by atoms with E-state index in [0.717, 1.165) is 25.9 Å². The molecule has 0 unspecified atom stereocenters. The number of nitrogens with one attached hydrogen (secondary N) is 2. The Kier molecular flexibility index (Phi) is 4.97. The van der Waals surface area contributed by atoms with Gasteiger partial charge in [-0.05, 0) is 38.3 Å². The van der Waals surface area contributed by atoms with Crippen LogP contribution >= 0.6 is 0 Å². The largest absolute Gasteiger partial charge is 0.355 e. The number of aryl methyl sites for hydroxylation is 1. The monoisotopic (exact) mass is 260 g/mol. The molecule has 0 spiro atoms.